The summed E-state index contributed by atoms with van der Waals surface area (Å²) >= 11 is 6.13. The predicted octanol–water partition coefficient (Wildman–Crippen LogP) is 4.10. The third-order valence-corrected chi connectivity index (χ3v) is 3.79. The van der Waals surface area contributed by atoms with Gasteiger partial charge in [-0.2, -0.15) is 5.10 Å². The van der Waals surface area contributed by atoms with E-state index in [2.05, 4.69) is 31.2 Å². The van der Waals surface area contributed by atoms with E-state index in [0.717, 1.165) is 29.5 Å². The number of nitrogens with zero attached hydrogens (tertiary/aromatic N) is 2. The molecular weight excluding hydrogens is 258 g/mol. The SMILES string of the molecule is Cc1nn(CCCCCCNC(C)(C)C)c(C)c1Cl. The van der Waals surface area contributed by atoms with E-state index in [4.69, 9.17) is 11.6 Å². The first kappa shape index (κ1) is 16.5. The Morgan fingerprint density at radius 3 is 2.26 bits per heavy atom. The highest BCUT2D eigenvalue weighted by molar-refractivity contribution is 6.31. The molecule has 1 rings (SSSR count). The maximum absolute atomic E-state index is 6.13. The van der Waals surface area contributed by atoms with Gasteiger partial charge in [-0.15, -0.1) is 0 Å². The van der Waals surface area contributed by atoms with Crippen molar-refractivity contribution in [3.63, 3.8) is 0 Å². The first-order valence-corrected chi connectivity index (χ1v) is 7.63. The van der Waals surface area contributed by atoms with Crippen LogP contribution in [0.25, 0.3) is 0 Å². The fourth-order valence-electron chi connectivity index (χ4n) is 2.10. The van der Waals surface area contributed by atoms with Crippen LogP contribution < -0.4 is 5.32 Å². The summed E-state index contributed by atoms with van der Waals surface area (Å²) in [4.78, 5) is 0. The summed E-state index contributed by atoms with van der Waals surface area (Å²) in [6, 6.07) is 0. The second-order valence-corrected chi connectivity index (χ2v) is 6.68. The summed E-state index contributed by atoms with van der Waals surface area (Å²) in [6.45, 7) is 12.7. The van der Waals surface area contributed by atoms with Crippen LogP contribution in [0.5, 0.6) is 0 Å². The van der Waals surface area contributed by atoms with E-state index >= 15 is 0 Å². The van der Waals surface area contributed by atoms with E-state index in [-0.39, 0.29) is 5.54 Å². The summed E-state index contributed by atoms with van der Waals surface area (Å²) < 4.78 is 2.03. The van der Waals surface area contributed by atoms with Crippen molar-refractivity contribution in [2.24, 2.45) is 0 Å². The van der Waals surface area contributed by atoms with Crippen molar-refractivity contribution in [3.8, 4) is 0 Å². The fraction of sp³-hybridized carbons (Fsp3) is 0.800. The Morgan fingerprint density at radius 1 is 1.11 bits per heavy atom. The highest BCUT2D eigenvalue weighted by Gasteiger charge is 2.09. The van der Waals surface area contributed by atoms with E-state index < -0.39 is 0 Å². The Kier molecular flexibility index (Phi) is 6.34. The number of hydrogen-bond donors (Lipinski definition) is 1. The molecule has 1 aromatic heterocycles. The zero-order valence-corrected chi connectivity index (χ0v) is 13.8. The van der Waals surface area contributed by atoms with Crippen LogP contribution in [0.3, 0.4) is 0 Å². The Morgan fingerprint density at radius 2 is 1.74 bits per heavy atom. The van der Waals surface area contributed by atoms with Crippen LogP contribution in [0.2, 0.25) is 5.02 Å². The van der Waals surface area contributed by atoms with E-state index in [1.54, 1.807) is 0 Å². The summed E-state index contributed by atoms with van der Waals surface area (Å²) in [5, 5.41) is 8.78. The van der Waals surface area contributed by atoms with Crippen LogP contribution in [-0.4, -0.2) is 21.9 Å². The number of unbranched alkanes of at least 4 members (excludes halogenated alkanes) is 3. The molecule has 1 aromatic rings. The number of halogens is 1. The summed E-state index contributed by atoms with van der Waals surface area (Å²) in [6.07, 6.45) is 4.95. The molecule has 110 valence electrons. The Balaban J connectivity index is 2.13. The highest BCUT2D eigenvalue weighted by Crippen LogP contribution is 2.19. The fourth-order valence-corrected chi connectivity index (χ4v) is 2.23. The molecule has 1 N–H and O–H groups in total. The maximum Gasteiger partial charge on any atom is 0.0844 e. The van der Waals surface area contributed by atoms with Gasteiger partial charge in [0, 0.05) is 12.1 Å². The number of aryl methyl sites for hydroxylation is 2. The molecule has 0 saturated heterocycles. The van der Waals surface area contributed by atoms with Gasteiger partial charge < -0.3 is 5.32 Å². The third-order valence-electron chi connectivity index (χ3n) is 3.25. The lowest BCUT2D eigenvalue weighted by Crippen LogP contribution is -2.36. The second-order valence-electron chi connectivity index (χ2n) is 6.30. The standard InChI is InChI=1S/C15H28ClN3/c1-12-14(16)13(2)19(18-12)11-9-7-6-8-10-17-15(3,4)5/h17H,6-11H2,1-5H3. The summed E-state index contributed by atoms with van der Waals surface area (Å²) in [5.41, 5.74) is 2.27. The Labute approximate surface area is 122 Å². The van der Waals surface area contributed by atoms with Crippen LogP contribution in [-0.2, 0) is 6.54 Å². The van der Waals surface area contributed by atoms with Crippen LogP contribution >= 0.6 is 11.6 Å². The summed E-state index contributed by atoms with van der Waals surface area (Å²) in [7, 11) is 0. The normalized spacial score (nSPS) is 12.1. The van der Waals surface area contributed by atoms with Crippen LogP contribution in [0.1, 0.15) is 57.8 Å². The van der Waals surface area contributed by atoms with Crippen LogP contribution in [0.4, 0.5) is 0 Å². The lowest BCUT2D eigenvalue weighted by molar-refractivity contribution is 0.413. The van der Waals surface area contributed by atoms with Gasteiger partial charge in [-0.05, 0) is 54.0 Å². The molecule has 0 saturated carbocycles. The molecule has 0 spiro atoms. The number of rotatable bonds is 7. The Hall–Kier alpha value is -0.540. The van der Waals surface area contributed by atoms with Crippen molar-refractivity contribution in [1.82, 2.24) is 15.1 Å². The van der Waals surface area contributed by atoms with Crippen molar-refractivity contribution in [2.75, 3.05) is 6.54 Å². The molecular formula is C15H28ClN3. The molecule has 0 aliphatic rings. The zero-order chi connectivity index (χ0) is 14.5. The van der Waals surface area contributed by atoms with Gasteiger partial charge in [0.1, 0.15) is 0 Å². The number of nitrogens with one attached hydrogen (secondary N) is 1. The minimum atomic E-state index is 0.237. The lowest BCUT2D eigenvalue weighted by Gasteiger charge is -2.20. The first-order chi connectivity index (χ1) is 8.81. The van der Waals surface area contributed by atoms with Gasteiger partial charge in [0.25, 0.3) is 0 Å². The van der Waals surface area contributed by atoms with Gasteiger partial charge in [0.05, 0.1) is 16.4 Å². The molecule has 0 aliphatic heterocycles. The quantitative estimate of drug-likeness (QED) is 0.764. The van der Waals surface area contributed by atoms with Gasteiger partial charge >= 0.3 is 0 Å². The van der Waals surface area contributed by atoms with Gasteiger partial charge in [0.15, 0.2) is 0 Å². The minimum Gasteiger partial charge on any atom is -0.312 e. The van der Waals surface area contributed by atoms with Gasteiger partial charge in [0.2, 0.25) is 0 Å². The van der Waals surface area contributed by atoms with Crippen molar-refractivity contribution >= 4 is 11.6 Å². The third kappa shape index (κ3) is 5.96. The van der Waals surface area contributed by atoms with Gasteiger partial charge in [-0.1, -0.05) is 24.4 Å². The molecule has 0 fully saturated rings. The molecule has 0 bridgehead atoms. The molecule has 0 atom stereocenters. The average Bonchev–Trinajstić information content (AvgIpc) is 2.54. The molecule has 4 heteroatoms. The predicted molar refractivity (Wildman–Crippen MR) is 82.9 cm³/mol. The van der Waals surface area contributed by atoms with E-state index in [1.807, 2.05) is 18.5 Å². The van der Waals surface area contributed by atoms with Crippen molar-refractivity contribution in [2.45, 2.75) is 72.4 Å². The van der Waals surface area contributed by atoms with E-state index in [1.165, 1.54) is 25.7 Å². The Bertz CT molecular complexity index is 391. The van der Waals surface area contributed by atoms with Crippen molar-refractivity contribution < 1.29 is 0 Å². The van der Waals surface area contributed by atoms with Crippen molar-refractivity contribution in [3.05, 3.63) is 16.4 Å². The molecule has 0 radical (unpaired) electrons. The average molecular weight is 286 g/mol. The lowest BCUT2D eigenvalue weighted by atomic mass is 10.1. The minimum absolute atomic E-state index is 0.237. The van der Waals surface area contributed by atoms with Gasteiger partial charge in [-0.3, -0.25) is 4.68 Å². The van der Waals surface area contributed by atoms with E-state index in [9.17, 15) is 0 Å². The van der Waals surface area contributed by atoms with Gasteiger partial charge in [-0.25, -0.2) is 0 Å². The smallest absolute Gasteiger partial charge is 0.0844 e. The molecule has 0 aromatic carbocycles. The molecule has 3 nitrogen and oxygen atoms in total. The second kappa shape index (κ2) is 7.30. The number of aromatic nitrogens is 2. The highest BCUT2D eigenvalue weighted by atomic mass is 35.5. The monoisotopic (exact) mass is 285 g/mol. The van der Waals surface area contributed by atoms with Crippen LogP contribution in [0, 0.1) is 13.8 Å². The topological polar surface area (TPSA) is 29.9 Å². The molecule has 1 heterocycles. The largest absolute Gasteiger partial charge is 0.312 e. The summed E-state index contributed by atoms with van der Waals surface area (Å²) in [5.74, 6) is 0. The maximum atomic E-state index is 6.13. The number of hydrogen-bond acceptors (Lipinski definition) is 2. The van der Waals surface area contributed by atoms with Crippen molar-refractivity contribution in [1.29, 1.82) is 0 Å². The van der Waals surface area contributed by atoms with Crippen LogP contribution in [0.15, 0.2) is 0 Å². The molecule has 19 heavy (non-hydrogen) atoms. The molecule has 0 unspecified atom stereocenters. The molecule has 0 amide bonds. The first-order valence-electron chi connectivity index (χ1n) is 7.26. The molecule has 0 aliphatic carbocycles. The van der Waals surface area contributed by atoms with E-state index in [0.29, 0.717) is 0 Å². The zero-order valence-electron chi connectivity index (χ0n) is 13.0.